The first-order chi connectivity index (χ1) is 12.2. The van der Waals surface area contributed by atoms with Crippen LogP contribution in [-0.2, 0) is 6.54 Å². The topological polar surface area (TPSA) is 44.4 Å². The number of piperidine rings is 1. The molecule has 0 aliphatic carbocycles. The molecule has 2 saturated heterocycles. The summed E-state index contributed by atoms with van der Waals surface area (Å²) in [6.45, 7) is 6.99. The smallest absolute Gasteiger partial charge is 0.118 e. The van der Waals surface area contributed by atoms with Crippen LogP contribution in [0.3, 0.4) is 0 Å². The molecule has 5 heteroatoms. The molecule has 25 heavy (non-hydrogen) atoms. The predicted octanol–water partition coefficient (Wildman–Crippen LogP) is 3.14. The Balaban J connectivity index is 1.37. The van der Waals surface area contributed by atoms with Crippen molar-refractivity contribution in [3.63, 3.8) is 0 Å². The first kappa shape index (κ1) is 16.6. The SMILES string of the molecule is COc1ccc(-c2[nH]ncc2CN2CC(N3CCCC[C@H]3C)C2)cc1. The first-order valence-electron chi connectivity index (χ1n) is 9.39. The number of aromatic amines is 1. The normalized spacial score (nSPS) is 22.7. The van der Waals surface area contributed by atoms with E-state index in [0.717, 1.165) is 35.6 Å². The molecule has 0 spiro atoms. The standard InChI is InChI=1S/C20H28N4O/c1-15-5-3-4-10-24(15)18-13-23(14-18)12-17-11-21-22-20(17)16-6-8-19(25-2)9-7-16/h6-9,11,15,18H,3-5,10,12-14H2,1-2H3,(H,21,22)/t15-/m1/s1. The minimum Gasteiger partial charge on any atom is -0.497 e. The van der Waals surface area contributed by atoms with Crippen LogP contribution in [0.15, 0.2) is 30.5 Å². The molecule has 2 aliphatic heterocycles. The third-order valence-electron chi connectivity index (χ3n) is 5.75. The monoisotopic (exact) mass is 340 g/mol. The number of hydrogen-bond acceptors (Lipinski definition) is 4. The summed E-state index contributed by atoms with van der Waals surface area (Å²) < 4.78 is 5.25. The number of ether oxygens (including phenoxy) is 1. The summed E-state index contributed by atoms with van der Waals surface area (Å²) in [5.41, 5.74) is 3.56. The lowest BCUT2D eigenvalue weighted by Crippen LogP contribution is -2.61. The number of aromatic nitrogens is 2. The van der Waals surface area contributed by atoms with Crippen molar-refractivity contribution in [2.45, 2.75) is 44.8 Å². The van der Waals surface area contributed by atoms with E-state index >= 15 is 0 Å². The fourth-order valence-electron chi connectivity index (χ4n) is 4.22. The highest BCUT2D eigenvalue weighted by molar-refractivity contribution is 5.63. The Morgan fingerprint density at radius 3 is 2.72 bits per heavy atom. The Bertz CT molecular complexity index is 690. The molecule has 0 bridgehead atoms. The average Bonchev–Trinajstić information content (AvgIpc) is 3.07. The van der Waals surface area contributed by atoms with Crippen LogP contribution in [0.5, 0.6) is 5.75 Å². The highest BCUT2D eigenvalue weighted by Gasteiger charge is 2.35. The summed E-state index contributed by atoms with van der Waals surface area (Å²) in [6, 6.07) is 9.67. The van der Waals surface area contributed by atoms with E-state index < -0.39 is 0 Å². The molecule has 2 fully saturated rings. The number of nitrogens with zero attached hydrogens (tertiary/aromatic N) is 3. The van der Waals surface area contributed by atoms with Crippen molar-refractivity contribution in [2.24, 2.45) is 0 Å². The average molecular weight is 340 g/mol. The van der Waals surface area contributed by atoms with Gasteiger partial charge in [0.05, 0.1) is 19.0 Å². The van der Waals surface area contributed by atoms with Gasteiger partial charge in [-0.3, -0.25) is 14.9 Å². The summed E-state index contributed by atoms with van der Waals surface area (Å²) in [5, 5.41) is 7.45. The van der Waals surface area contributed by atoms with Crippen LogP contribution in [-0.4, -0.2) is 58.8 Å². The molecule has 3 heterocycles. The summed E-state index contributed by atoms with van der Waals surface area (Å²) in [5.74, 6) is 0.881. The predicted molar refractivity (Wildman–Crippen MR) is 99.7 cm³/mol. The number of methoxy groups -OCH3 is 1. The lowest BCUT2D eigenvalue weighted by Gasteiger charge is -2.49. The van der Waals surface area contributed by atoms with Crippen molar-refractivity contribution in [3.8, 4) is 17.0 Å². The fourth-order valence-corrected chi connectivity index (χ4v) is 4.22. The van der Waals surface area contributed by atoms with Gasteiger partial charge in [0.15, 0.2) is 0 Å². The van der Waals surface area contributed by atoms with Crippen LogP contribution < -0.4 is 4.74 Å². The van der Waals surface area contributed by atoms with Gasteiger partial charge in [-0.15, -0.1) is 0 Å². The summed E-state index contributed by atoms with van der Waals surface area (Å²) in [7, 11) is 1.69. The van der Waals surface area contributed by atoms with E-state index in [0.29, 0.717) is 0 Å². The number of rotatable bonds is 5. The zero-order valence-electron chi connectivity index (χ0n) is 15.2. The maximum Gasteiger partial charge on any atom is 0.118 e. The van der Waals surface area contributed by atoms with Gasteiger partial charge in [-0.05, 0) is 50.6 Å². The van der Waals surface area contributed by atoms with Gasteiger partial charge in [0, 0.05) is 42.8 Å². The van der Waals surface area contributed by atoms with Gasteiger partial charge in [0.25, 0.3) is 0 Å². The molecule has 1 aromatic heterocycles. The molecule has 134 valence electrons. The second-order valence-electron chi connectivity index (χ2n) is 7.43. The Kier molecular flexibility index (Phi) is 4.77. The number of nitrogens with one attached hydrogen (secondary N) is 1. The quantitative estimate of drug-likeness (QED) is 0.908. The van der Waals surface area contributed by atoms with Crippen molar-refractivity contribution in [3.05, 3.63) is 36.0 Å². The lowest BCUT2D eigenvalue weighted by molar-refractivity contribution is -0.00613. The molecular formula is C20H28N4O. The Morgan fingerprint density at radius 2 is 2.00 bits per heavy atom. The molecule has 0 radical (unpaired) electrons. The van der Waals surface area contributed by atoms with Crippen molar-refractivity contribution in [1.29, 1.82) is 0 Å². The second kappa shape index (κ2) is 7.18. The van der Waals surface area contributed by atoms with E-state index in [1.807, 2.05) is 18.3 Å². The Hall–Kier alpha value is -1.85. The second-order valence-corrected chi connectivity index (χ2v) is 7.43. The summed E-state index contributed by atoms with van der Waals surface area (Å²) in [6.07, 6.45) is 6.09. The van der Waals surface area contributed by atoms with Crippen LogP contribution in [0.1, 0.15) is 31.7 Å². The molecule has 0 amide bonds. The molecular weight excluding hydrogens is 312 g/mol. The minimum absolute atomic E-state index is 0.742. The van der Waals surface area contributed by atoms with Gasteiger partial charge in [-0.25, -0.2) is 0 Å². The molecule has 2 aromatic rings. The van der Waals surface area contributed by atoms with E-state index in [2.05, 4.69) is 39.1 Å². The number of benzene rings is 1. The zero-order chi connectivity index (χ0) is 17.2. The van der Waals surface area contributed by atoms with Crippen LogP contribution >= 0.6 is 0 Å². The number of H-pyrrole nitrogens is 1. The van der Waals surface area contributed by atoms with E-state index in [4.69, 9.17) is 4.74 Å². The van der Waals surface area contributed by atoms with E-state index in [9.17, 15) is 0 Å². The molecule has 2 aliphatic rings. The largest absolute Gasteiger partial charge is 0.497 e. The molecule has 4 rings (SSSR count). The van der Waals surface area contributed by atoms with E-state index in [-0.39, 0.29) is 0 Å². The van der Waals surface area contributed by atoms with E-state index in [1.165, 1.54) is 44.5 Å². The minimum atomic E-state index is 0.742. The zero-order valence-corrected chi connectivity index (χ0v) is 15.2. The van der Waals surface area contributed by atoms with Crippen LogP contribution in [0.4, 0.5) is 0 Å². The first-order valence-corrected chi connectivity index (χ1v) is 9.39. The fraction of sp³-hybridized carbons (Fsp3) is 0.550. The van der Waals surface area contributed by atoms with Crippen LogP contribution in [0, 0.1) is 0 Å². The third kappa shape index (κ3) is 3.44. The van der Waals surface area contributed by atoms with Gasteiger partial charge in [-0.1, -0.05) is 6.42 Å². The van der Waals surface area contributed by atoms with Gasteiger partial charge >= 0.3 is 0 Å². The van der Waals surface area contributed by atoms with Crippen molar-refractivity contribution >= 4 is 0 Å². The van der Waals surface area contributed by atoms with Crippen LogP contribution in [0.2, 0.25) is 0 Å². The Morgan fingerprint density at radius 1 is 1.20 bits per heavy atom. The van der Waals surface area contributed by atoms with Gasteiger partial charge < -0.3 is 4.74 Å². The maximum atomic E-state index is 5.25. The number of likely N-dealkylation sites (tertiary alicyclic amines) is 2. The highest BCUT2D eigenvalue weighted by atomic mass is 16.5. The summed E-state index contributed by atoms with van der Waals surface area (Å²) in [4.78, 5) is 5.25. The Labute approximate surface area is 150 Å². The molecule has 1 aromatic carbocycles. The third-order valence-corrected chi connectivity index (χ3v) is 5.75. The van der Waals surface area contributed by atoms with Crippen molar-refractivity contribution < 1.29 is 4.74 Å². The molecule has 5 nitrogen and oxygen atoms in total. The van der Waals surface area contributed by atoms with Crippen LogP contribution in [0.25, 0.3) is 11.3 Å². The van der Waals surface area contributed by atoms with Crippen molar-refractivity contribution in [1.82, 2.24) is 20.0 Å². The summed E-state index contributed by atoms with van der Waals surface area (Å²) >= 11 is 0. The van der Waals surface area contributed by atoms with Crippen molar-refractivity contribution in [2.75, 3.05) is 26.7 Å². The molecule has 1 N–H and O–H groups in total. The lowest BCUT2D eigenvalue weighted by atomic mass is 9.97. The van der Waals surface area contributed by atoms with Gasteiger partial charge in [-0.2, -0.15) is 5.10 Å². The molecule has 1 atom stereocenters. The van der Waals surface area contributed by atoms with Gasteiger partial charge in [0.2, 0.25) is 0 Å². The molecule has 0 saturated carbocycles. The maximum absolute atomic E-state index is 5.25. The highest BCUT2D eigenvalue weighted by Crippen LogP contribution is 2.28. The molecule has 0 unspecified atom stereocenters. The number of hydrogen-bond donors (Lipinski definition) is 1. The van der Waals surface area contributed by atoms with Gasteiger partial charge in [0.1, 0.15) is 5.75 Å². The van der Waals surface area contributed by atoms with E-state index in [1.54, 1.807) is 7.11 Å².